The highest BCUT2D eigenvalue weighted by atomic mass is 35.5. The van der Waals surface area contributed by atoms with Gasteiger partial charge in [-0.3, -0.25) is 0 Å². The minimum atomic E-state index is -0.0746. The van der Waals surface area contributed by atoms with E-state index in [2.05, 4.69) is 31.0 Å². The van der Waals surface area contributed by atoms with E-state index in [0.29, 0.717) is 5.92 Å². The van der Waals surface area contributed by atoms with E-state index in [1.807, 2.05) is 30.3 Å². The van der Waals surface area contributed by atoms with Gasteiger partial charge in [-0.05, 0) is 48.0 Å². The van der Waals surface area contributed by atoms with Gasteiger partial charge in [0.2, 0.25) is 0 Å². The first kappa shape index (κ1) is 16.3. The number of halogens is 1. The fourth-order valence-electron chi connectivity index (χ4n) is 3.48. The van der Waals surface area contributed by atoms with Crippen LogP contribution in [-0.4, -0.2) is 24.1 Å². The second-order valence-electron chi connectivity index (χ2n) is 6.81. The van der Waals surface area contributed by atoms with E-state index in [1.54, 1.807) is 7.11 Å². The molecule has 2 aromatic carbocycles. The standard InChI is InChI=1S/C20H21ClN2O2/c1-12(2)20-23-18(16-10-14(21)6-9-19(16)25-20)11-17(22-23)13-4-7-15(24-3)8-5-13/h4-10,12,18,20H,11H2,1-3H3/t18-,20-/m0/s1. The van der Waals surface area contributed by atoms with Gasteiger partial charge < -0.3 is 9.47 Å². The number of rotatable bonds is 3. The number of benzene rings is 2. The minimum absolute atomic E-state index is 0.0746. The van der Waals surface area contributed by atoms with Crippen molar-refractivity contribution < 1.29 is 9.47 Å². The van der Waals surface area contributed by atoms with Gasteiger partial charge in [0.25, 0.3) is 0 Å². The quantitative estimate of drug-likeness (QED) is 0.786. The highest BCUT2D eigenvalue weighted by Gasteiger charge is 2.41. The van der Waals surface area contributed by atoms with Crippen molar-refractivity contribution in [3.05, 3.63) is 58.6 Å². The fourth-order valence-corrected chi connectivity index (χ4v) is 3.67. The third kappa shape index (κ3) is 2.85. The Morgan fingerprint density at radius 1 is 1.20 bits per heavy atom. The number of fused-ring (bicyclic) bond motifs is 3. The molecule has 4 rings (SSSR count). The molecule has 0 radical (unpaired) electrons. The molecule has 0 amide bonds. The minimum Gasteiger partial charge on any atom is -0.497 e. The van der Waals surface area contributed by atoms with Gasteiger partial charge in [0, 0.05) is 22.9 Å². The maximum absolute atomic E-state index is 6.23. The van der Waals surface area contributed by atoms with E-state index in [9.17, 15) is 0 Å². The predicted molar refractivity (Wildman–Crippen MR) is 99.4 cm³/mol. The molecule has 0 unspecified atom stereocenters. The van der Waals surface area contributed by atoms with Crippen molar-refractivity contribution in [1.29, 1.82) is 0 Å². The van der Waals surface area contributed by atoms with Crippen LogP contribution in [0.15, 0.2) is 47.6 Å². The zero-order chi connectivity index (χ0) is 17.6. The Morgan fingerprint density at radius 2 is 1.96 bits per heavy atom. The van der Waals surface area contributed by atoms with E-state index >= 15 is 0 Å². The van der Waals surface area contributed by atoms with E-state index in [-0.39, 0.29) is 12.3 Å². The molecule has 0 aliphatic carbocycles. The summed E-state index contributed by atoms with van der Waals surface area (Å²) >= 11 is 6.23. The number of hydrazone groups is 1. The van der Waals surface area contributed by atoms with Crippen LogP contribution in [-0.2, 0) is 0 Å². The molecule has 0 aromatic heterocycles. The lowest BCUT2D eigenvalue weighted by molar-refractivity contribution is -0.0461. The molecule has 0 N–H and O–H groups in total. The zero-order valence-corrected chi connectivity index (χ0v) is 15.3. The summed E-state index contributed by atoms with van der Waals surface area (Å²) in [6, 6.07) is 14.1. The Bertz CT molecular complexity index is 817. The molecule has 2 aliphatic heterocycles. The molecule has 0 saturated heterocycles. The van der Waals surface area contributed by atoms with Crippen molar-refractivity contribution in [2.24, 2.45) is 11.0 Å². The molecule has 0 saturated carbocycles. The van der Waals surface area contributed by atoms with Crippen LogP contribution in [0.5, 0.6) is 11.5 Å². The highest BCUT2D eigenvalue weighted by Crippen LogP contribution is 2.45. The largest absolute Gasteiger partial charge is 0.497 e. The van der Waals surface area contributed by atoms with Crippen molar-refractivity contribution in [3.63, 3.8) is 0 Å². The lowest BCUT2D eigenvalue weighted by Gasteiger charge is -2.40. The molecule has 130 valence electrons. The maximum atomic E-state index is 6.23. The average Bonchev–Trinajstić information content (AvgIpc) is 3.06. The van der Waals surface area contributed by atoms with E-state index < -0.39 is 0 Å². The number of ether oxygens (including phenoxy) is 2. The maximum Gasteiger partial charge on any atom is 0.190 e. The number of hydrogen-bond donors (Lipinski definition) is 0. The Labute approximate surface area is 153 Å². The summed E-state index contributed by atoms with van der Waals surface area (Å²) in [4.78, 5) is 0. The molecule has 2 aliphatic rings. The van der Waals surface area contributed by atoms with Crippen LogP contribution in [0.25, 0.3) is 0 Å². The van der Waals surface area contributed by atoms with Gasteiger partial charge in [0.1, 0.15) is 11.5 Å². The monoisotopic (exact) mass is 356 g/mol. The molecule has 5 heteroatoms. The van der Waals surface area contributed by atoms with Gasteiger partial charge in [-0.25, -0.2) is 5.01 Å². The normalized spacial score (nSPS) is 21.5. The molecular weight excluding hydrogens is 336 g/mol. The van der Waals surface area contributed by atoms with Crippen LogP contribution < -0.4 is 9.47 Å². The first-order valence-corrected chi connectivity index (χ1v) is 8.91. The van der Waals surface area contributed by atoms with Gasteiger partial charge >= 0.3 is 0 Å². The van der Waals surface area contributed by atoms with Crippen LogP contribution in [0.2, 0.25) is 5.02 Å². The van der Waals surface area contributed by atoms with Gasteiger partial charge in [0.15, 0.2) is 6.23 Å². The number of hydrogen-bond acceptors (Lipinski definition) is 4. The fraction of sp³-hybridized carbons (Fsp3) is 0.350. The summed E-state index contributed by atoms with van der Waals surface area (Å²) in [6.45, 7) is 4.31. The van der Waals surface area contributed by atoms with Crippen molar-refractivity contribution >= 4 is 17.3 Å². The zero-order valence-electron chi connectivity index (χ0n) is 14.6. The summed E-state index contributed by atoms with van der Waals surface area (Å²) in [5.74, 6) is 2.08. The van der Waals surface area contributed by atoms with E-state index in [1.165, 1.54) is 0 Å². The lowest BCUT2D eigenvalue weighted by atomic mass is 9.95. The molecule has 25 heavy (non-hydrogen) atoms. The Hall–Kier alpha value is -2.20. The summed E-state index contributed by atoms with van der Waals surface area (Å²) in [6.07, 6.45) is 0.765. The molecule has 2 heterocycles. The van der Waals surface area contributed by atoms with Crippen LogP contribution in [0.1, 0.15) is 37.4 Å². The van der Waals surface area contributed by atoms with Gasteiger partial charge in [0.05, 0.1) is 18.9 Å². The molecule has 0 bridgehead atoms. The van der Waals surface area contributed by atoms with Crippen molar-refractivity contribution in [2.45, 2.75) is 32.5 Å². The summed E-state index contributed by atoms with van der Waals surface area (Å²) in [5.41, 5.74) is 3.28. The van der Waals surface area contributed by atoms with Crippen molar-refractivity contribution in [3.8, 4) is 11.5 Å². The molecule has 2 aromatic rings. The highest BCUT2D eigenvalue weighted by molar-refractivity contribution is 6.30. The summed E-state index contributed by atoms with van der Waals surface area (Å²) in [7, 11) is 1.67. The molecule has 0 fully saturated rings. The van der Waals surface area contributed by atoms with Crippen LogP contribution in [0, 0.1) is 5.92 Å². The van der Waals surface area contributed by atoms with Crippen LogP contribution >= 0.6 is 11.6 Å². The number of methoxy groups -OCH3 is 1. The summed E-state index contributed by atoms with van der Waals surface area (Å²) < 4.78 is 11.5. The first-order valence-electron chi connectivity index (χ1n) is 8.53. The SMILES string of the molecule is COc1ccc(C2=NN3[C@@H](C2)c2cc(Cl)ccc2O[C@H]3C(C)C)cc1. The second kappa shape index (κ2) is 6.26. The average molecular weight is 357 g/mol. The third-order valence-corrected chi connectivity index (χ3v) is 5.01. The van der Waals surface area contributed by atoms with Crippen LogP contribution in [0.3, 0.4) is 0 Å². The van der Waals surface area contributed by atoms with Crippen molar-refractivity contribution in [2.75, 3.05) is 7.11 Å². The van der Waals surface area contributed by atoms with Gasteiger partial charge in [-0.15, -0.1) is 0 Å². The van der Waals surface area contributed by atoms with Crippen LogP contribution in [0.4, 0.5) is 0 Å². The Balaban J connectivity index is 1.72. The van der Waals surface area contributed by atoms with Crippen molar-refractivity contribution in [1.82, 2.24) is 5.01 Å². The smallest absolute Gasteiger partial charge is 0.190 e. The van der Waals surface area contributed by atoms with Gasteiger partial charge in [-0.2, -0.15) is 5.10 Å². The Kier molecular flexibility index (Phi) is 4.08. The molecular formula is C20H21ClN2O2. The predicted octanol–water partition coefficient (Wildman–Crippen LogP) is 4.87. The molecule has 4 nitrogen and oxygen atoms in total. The summed E-state index contributed by atoms with van der Waals surface area (Å²) in [5, 5.41) is 7.73. The Morgan fingerprint density at radius 3 is 2.64 bits per heavy atom. The first-order chi connectivity index (χ1) is 12.1. The lowest BCUT2D eigenvalue weighted by Crippen LogP contribution is -2.43. The van der Waals surface area contributed by atoms with E-state index in [4.69, 9.17) is 26.2 Å². The molecule has 2 atom stereocenters. The number of nitrogens with zero attached hydrogens (tertiary/aromatic N) is 2. The van der Waals surface area contributed by atoms with Gasteiger partial charge in [-0.1, -0.05) is 25.4 Å². The third-order valence-electron chi connectivity index (χ3n) is 4.78. The van der Waals surface area contributed by atoms with E-state index in [0.717, 1.165) is 39.8 Å². The topological polar surface area (TPSA) is 34.1 Å². The molecule has 0 spiro atoms. The second-order valence-corrected chi connectivity index (χ2v) is 7.25.